The smallest absolute Gasteiger partial charge is 0.0146 e. The van der Waals surface area contributed by atoms with Gasteiger partial charge in [-0.05, 0) is 57.4 Å². The molecule has 1 aliphatic heterocycles. The van der Waals surface area contributed by atoms with E-state index >= 15 is 0 Å². The molecule has 0 bridgehead atoms. The molecule has 7 heteroatoms. The molecule has 0 aromatic heterocycles. The number of aryl methyl sites for hydroxylation is 5. The maximum atomic E-state index is 6.47. The molecule has 6 aromatic carbocycles. The molecule has 7 rings (SSSR count). The molecule has 1 aliphatic rings. The summed E-state index contributed by atoms with van der Waals surface area (Å²) in [6.45, 7) is 23.4. The Kier molecular flexibility index (Phi) is 12.7. The number of fused-ring (bicyclic) bond motifs is 2. The average molecular weight is 848 g/mol. The minimum atomic E-state index is -2.09. The Morgan fingerprint density at radius 3 is 1.85 bits per heavy atom. The Balaban J connectivity index is 0.000000197. The van der Waals surface area contributed by atoms with Gasteiger partial charge in [0.15, 0.2) is 0 Å². The first kappa shape index (κ1) is 39.8. The van der Waals surface area contributed by atoms with Crippen molar-refractivity contribution in [1.82, 2.24) is 0 Å². The fraction of sp³-hybridized carbons (Fsp3) is 0.277. The molecule has 0 N–H and O–H groups in total. The van der Waals surface area contributed by atoms with Crippen LogP contribution in [-0.2, 0) is 13.5 Å². The number of nitrogens with zero attached hydrogens (tertiary/aromatic N) is 2. The first-order valence-corrected chi connectivity index (χ1v) is 24.1. The van der Waals surface area contributed by atoms with Gasteiger partial charge in [-0.25, -0.2) is 0 Å². The molecule has 0 spiro atoms. The molecule has 0 saturated carbocycles. The van der Waals surface area contributed by atoms with E-state index < -0.39 is 13.5 Å². The number of anilines is 2. The summed E-state index contributed by atoms with van der Waals surface area (Å²) < 4.78 is 14.8. The van der Waals surface area contributed by atoms with Crippen LogP contribution in [0.25, 0.3) is 32.7 Å². The van der Waals surface area contributed by atoms with Crippen molar-refractivity contribution in [2.45, 2.75) is 74.5 Å². The van der Waals surface area contributed by atoms with Gasteiger partial charge in [0.2, 0.25) is 0 Å². The topological polar surface area (TPSA) is 24.9 Å². The molecule has 1 heterocycles. The van der Waals surface area contributed by atoms with Crippen LogP contribution >= 0.6 is 19.4 Å². The molecule has 1 saturated heterocycles. The molecule has 1 fully saturated rings. The summed E-state index contributed by atoms with van der Waals surface area (Å²) in [6.07, 6.45) is 0.0194. The fourth-order valence-electron chi connectivity index (χ4n) is 7.59. The molecule has 6 aromatic rings. The zero-order valence-electron chi connectivity index (χ0n) is 32.8. The zero-order valence-corrected chi connectivity index (χ0v) is 36.0. The first-order valence-electron chi connectivity index (χ1n) is 18.6. The van der Waals surface area contributed by atoms with E-state index in [0.29, 0.717) is 0 Å². The van der Waals surface area contributed by atoms with Gasteiger partial charge in [-0.1, -0.05) is 35.4 Å². The standard InChI is InChI=1S/C27H26O2.C20H25N2.2ClH.Ru/c1-17(2)28-24-15-14-20-10-6-8-12-22(20)25(24)26-23-13-9-7-11-21(23)16-19(5)27(26)29-18(3)4;1-14-6-7-19(16(3)10-14)21-8-9-22(13-21)20-17(4)11-15(2)12-18(20)5;;;/h5-18H,1-4H3;6-7,10-13H,8-9H2,1-5H3;2*1H;/q;-1;;;+2/p-2. The van der Waals surface area contributed by atoms with Crippen molar-refractivity contribution in [3.8, 4) is 22.6 Å². The fourth-order valence-corrected chi connectivity index (χ4v) is 9.35. The van der Waals surface area contributed by atoms with Crippen molar-refractivity contribution in [3.05, 3.63) is 137 Å². The van der Waals surface area contributed by atoms with Crippen LogP contribution in [0, 0.1) is 41.3 Å². The van der Waals surface area contributed by atoms with E-state index in [1.807, 2.05) is 38.4 Å². The van der Waals surface area contributed by atoms with Crippen LogP contribution < -0.4 is 19.3 Å². The molecular formula is C47H51Cl2N2O2Ru-. The number of halogens is 2. The van der Waals surface area contributed by atoms with Gasteiger partial charge in [0.1, 0.15) is 0 Å². The molecule has 0 amide bonds. The summed E-state index contributed by atoms with van der Waals surface area (Å²) in [7, 11) is 12.7. The Morgan fingerprint density at radius 1 is 0.630 bits per heavy atom. The maximum absolute atomic E-state index is 6.47. The third kappa shape index (κ3) is 8.97. The molecule has 0 aliphatic carbocycles. The van der Waals surface area contributed by atoms with Crippen molar-refractivity contribution < 1.29 is 23.0 Å². The summed E-state index contributed by atoms with van der Waals surface area (Å²) in [5.41, 5.74) is 12.4. The average Bonchev–Trinajstić information content (AvgIpc) is 3.57. The van der Waals surface area contributed by atoms with Crippen LogP contribution in [0.5, 0.6) is 11.5 Å². The van der Waals surface area contributed by atoms with Gasteiger partial charge >= 0.3 is 203 Å². The van der Waals surface area contributed by atoms with Crippen molar-refractivity contribution in [2.75, 3.05) is 22.9 Å². The largest absolute Gasteiger partial charge is 0.502 e. The van der Waals surface area contributed by atoms with Gasteiger partial charge in [-0.15, -0.1) is 0 Å². The quantitative estimate of drug-likeness (QED) is 0.113. The van der Waals surface area contributed by atoms with Crippen molar-refractivity contribution >= 4 is 56.9 Å². The Bertz CT molecular complexity index is 2310. The van der Waals surface area contributed by atoms with E-state index in [2.05, 4.69) is 142 Å². The predicted octanol–water partition coefficient (Wildman–Crippen LogP) is 13.0. The van der Waals surface area contributed by atoms with Crippen LogP contribution in [0.2, 0.25) is 0 Å². The van der Waals surface area contributed by atoms with Gasteiger partial charge < -0.3 is 9.80 Å². The first-order chi connectivity index (χ1) is 25.8. The molecule has 4 nitrogen and oxygen atoms in total. The molecule has 54 heavy (non-hydrogen) atoms. The second kappa shape index (κ2) is 17.3. The number of hydrogen-bond donors (Lipinski definition) is 0. The third-order valence-corrected chi connectivity index (χ3v) is 11.4. The van der Waals surface area contributed by atoms with Gasteiger partial charge in [0.25, 0.3) is 0 Å². The summed E-state index contributed by atoms with van der Waals surface area (Å²) >= 11 is -2.09. The Morgan fingerprint density at radius 2 is 1.22 bits per heavy atom. The van der Waals surface area contributed by atoms with Crippen LogP contribution in [0.3, 0.4) is 0 Å². The zero-order chi connectivity index (χ0) is 38.7. The van der Waals surface area contributed by atoms with Gasteiger partial charge in [0.05, 0.1) is 0 Å². The Hall–Kier alpha value is -3.89. The summed E-state index contributed by atoms with van der Waals surface area (Å²) in [4.78, 5) is 4.76. The van der Waals surface area contributed by atoms with Gasteiger partial charge in [-0.2, -0.15) is 6.67 Å². The van der Waals surface area contributed by atoms with Crippen LogP contribution in [-0.4, -0.2) is 29.9 Å². The van der Waals surface area contributed by atoms with E-state index in [4.69, 9.17) is 28.9 Å². The number of benzene rings is 6. The van der Waals surface area contributed by atoms with Crippen molar-refractivity contribution in [1.29, 1.82) is 0 Å². The second-order valence-electron chi connectivity index (χ2n) is 14.7. The van der Waals surface area contributed by atoms with E-state index in [1.54, 1.807) is 0 Å². The van der Waals surface area contributed by atoms with E-state index in [0.717, 1.165) is 62.8 Å². The predicted molar refractivity (Wildman–Crippen MR) is 231 cm³/mol. The molecule has 0 atom stereocenters. The molecular weight excluding hydrogens is 797 g/mol. The summed E-state index contributed by atoms with van der Waals surface area (Å²) in [5, 5.41) is 4.48. The molecule has 0 unspecified atom stereocenters. The van der Waals surface area contributed by atoms with Crippen molar-refractivity contribution in [2.24, 2.45) is 0 Å². The minimum absolute atomic E-state index is 0.0159. The van der Waals surface area contributed by atoms with Crippen molar-refractivity contribution in [3.63, 3.8) is 0 Å². The molecule has 284 valence electrons. The normalized spacial score (nSPS) is 13.1. The van der Waals surface area contributed by atoms with Crippen LogP contribution in [0.4, 0.5) is 11.4 Å². The SMILES string of the molecule is CC(C)Oc1ccc2ccccc2c1-c1c(OC(C)C)c([CH]=[Ru]([Cl])[Cl])cc2ccccc12.Cc1ccc(N2[CH-]N(c3c(C)cc(C)cc3C)CC2)c(C)c1. The van der Waals surface area contributed by atoms with Gasteiger partial charge in [0, 0.05) is 24.5 Å². The van der Waals surface area contributed by atoms with Crippen LogP contribution in [0.1, 0.15) is 61.1 Å². The van der Waals surface area contributed by atoms with Gasteiger partial charge in [-0.3, -0.25) is 0 Å². The number of ether oxygens (including phenoxy) is 2. The van der Waals surface area contributed by atoms with Crippen LogP contribution in [0.15, 0.2) is 97.1 Å². The second-order valence-corrected chi connectivity index (χ2v) is 20.5. The van der Waals surface area contributed by atoms with E-state index in [9.17, 15) is 0 Å². The van der Waals surface area contributed by atoms with E-state index in [-0.39, 0.29) is 12.2 Å². The summed E-state index contributed by atoms with van der Waals surface area (Å²) in [6, 6.07) is 34.3. The maximum Gasteiger partial charge on any atom is 0.0146 e. The minimum Gasteiger partial charge on any atom is -0.502 e. The number of rotatable bonds is 8. The number of hydrogen-bond acceptors (Lipinski definition) is 4. The third-order valence-electron chi connectivity index (χ3n) is 9.52. The summed E-state index contributed by atoms with van der Waals surface area (Å²) in [5.74, 6) is 1.63. The molecule has 0 radical (unpaired) electrons. The Labute approximate surface area is 335 Å². The van der Waals surface area contributed by atoms with E-state index in [1.165, 1.54) is 39.2 Å². The monoisotopic (exact) mass is 847 g/mol.